The Bertz CT molecular complexity index is 322. The maximum Gasteiger partial charge on any atom is 0.221 e. The van der Waals surface area contributed by atoms with Gasteiger partial charge in [0.15, 0.2) is 0 Å². The quantitative estimate of drug-likeness (QED) is 0.817. The second-order valence-corrected chi connectivity index (χ2v) is 4.66. The van der Waals surface area contributed by atoms with Crippen molar-refractivity contribution in [2.45, 2.75) is 19.9 Å². The lowest BCUT2D eigenvalue weighted by atomic mass is 10.4. The summed E-state index contributed by atoms with van der Waals surface area (Å²) in [5.41, 5.74) is 1.01. The highest BCUT2D eigenvalue weighted by molar-refractivity contribution is 7.09. The first-order valence-electron chi connectivity index (χ1n) is 4.90. The summed E-state index contributed by atoms with van der Waals surface area (Å²) < 4.78 is 0. The minimum Gasteiger partial charge on any atom is -0.350 e. The van der Waals surface area contributed by atoms with E-state index in [-0.39, 0.29) is 5.91 Å². The van der Waals surface area contributed by atoms with Crippen molar-refractivity contribution in [1.29, 1.82) is 0 Å². The number of carbonyl (C=O) groups excluding carboxylic acids is 1. The summed E-state index contributed by atoms with van der Waals surface area (Å²) in [4.78, 5) is 17.6. The van der Waals surface area contributed by atoms with Crippen molar-refractivity contribution >= 4 is 17.2 Å². The molecule has 5 heteroatoms. The number of thiazole rings is 1. The van der Waals surface area contributed by atoms with E-state index in [9.17, 15) is 4.79 Å². The SMILES string of the molecule is Cc1csc(CNC(=O)CCN(C)C)n1. The lowest BCUT2D eigenvalue weighted by molar-refractivity contribution is -0.121. The molecule has 84 valence electrons. The highest BCUT2D eigenvalue weighted by Gasteiger charge is 2.03. The average Bonchev–Trinajstić information content (AvgIpc) is 2.58. The van der Waals surface area contributed by atoms with Crippen LogP contribution in [-0.4, -0.2) is 36.4 Å². The van der Waals surface area contributed by atoms with Gasteiger partial charge in [-0.1, -0.05) is 0 Å². The second kappa shape index (κ2) is 5.82. The summed E-state index contributed by atoms with van der Waals surface area (Å²) in [6, 6.07) is 0. The van der Waals surface area contributed by atoms with Crippen LogP contribution in [0.3, 0.4) is 0 Å². The molecule has 0 aliphatic rings. The second-order valence-electron chi connectivity index (χ2n) is 3.71. The predicted octanol–water partition coefficient (Wildman–Crippen LogP) is 1.02. The van der Waals surface area contributed by atoms with Crippen LogP contribution in [-0.2, 0) is 11.3 Å². The standard InChI is InChI=1S/C10H17N3OS/c1-8-7-15-10(12-8)6-11-9(14)4-5-13(2)3/h7H,4-6H2,1-3H3,(H,11,14). The Hall–Kier alpha value is -0.940. The van der Waals surface area contributed by atoms with Crippen LogP contribution in [0.1, 0.15) is 17.1 Å². The van der Waals surface area contributed by atoms with Gasteiger partial charge >= 0.3 is 0 Å². The van der Waals surface area contributed by atoms with Gasteiger partial charge < -0.3 is 10.2 Å². The minimum absolute atomic E-state index is 0.0801. The molecule has 1 aromatic heterocycles. The van der Waals surface area contributed by atoms with E-state index in [1.807, 2.05) is 31.3 Å². The Morgan fingerprint density at radius 2 is 2.33 bits per heavy atom. The molecule has 0 aliphatic heterocycles. The number of carbonyl (C=O) groups is 1. The van der Waals surface area contributed by atoms with E-state index in [0.717, 1.165) is 17.2 Å². The van der Waals surface area contributed by atoms with Crippen LogP contribution >= 0.6 is 11.3 Å². The van der Waals surface area contributed by atoms with Gasteiger partial charge in [-0.25, -0.2) is 4.98 Å². The third kappa shape index (κ3) is 4.90. The number of nitrogens with one attached hydrogen (secondary N) is 1. The predicted molar refractivity (Wildman–Crippen MR) is 61.9 cm³/mol. The van der Waals surface area contributed by atoms with Crippen molar-refractivity contribution in [3.8, 4) is 0 Å². The van der Waals surface area contributed by atoms with Gasteiger partial charge in [0.2, 0.25) is 5.91 Å². The Morgan fingerprint density at radius 1 is 1.60 bits per heavy atom. The molecule has 0 saturated carbocycles. The molecule has 0 atom stereocenters. The van der Waals surface area contributed by atoms with Crippen LogP contribution < -0.4 is 5.32 Å². The van der Waals surface area contributed by atoms with Crippen LogP contribution in [0.2, 0.25) is 0 Å². The molecule has 0 radical (unpaired) electrons. The molecular formula is C10H17N3OS. The number of aromatic nitrogens is 1. The monoisotopic (exact) mass is 227 g/mol. The summed E-state index contributed by atoms with van der Waals surface area (Å²) in [6.45, 7) is 3.28. The van der Waals surface area contributed by atoms with Crippen molar-refractivity contribution in [2.75, 3.05) is 20.6 Å². The van der Waals surface area contributed by atoms with Gasteiger partial charge in [-0.2, -0.15) is 0 Å². The van der Waals surface area contributed by atoms with Crippen LogP contribution in [0.25, 0.3) is 0 Å². The molecule has 4 nitrogen and oxygen atoms in total. The number of nitrogens with zero attached hydrogens (tertiary/aromatic N) is 2. The van der Waals surface area contributed by atoms with E-state index in [1.165, 1.54) is 0 Å². The zero-order valence-electron chi connectivity index (χ0n) is 9.41. The molecule has 0 saturated heterocycles. The van der Waals surface area contributed by atoms with Crippen molar-refractivity contribution in [3.63, 3.8) is 0 Å². The number of amides is 1. The zero-order chi connectivity index (χ0) is 11.3. The van der Waals surface area contributed by atoms with Gasteiger partial charge in [-0.15, -0.1) is 11.3 Å². The lowest BCUT2D eigenvalue weighted by Gasteiger charge is -2.08. The van der Waals surface area contributed by atoms with Gasteiger partial charge in [-0.05, 0) is 21.0 Å². The highest BCUT2D eigenvalue weighted by Crippen LogP contribution is 2.07. The normalized spacial score (nSPS) is 10.7. The maximum atomic E-state index is 11.4. The van der Waals surface area contributed by atoms with E-state index in [4.69, 9.17) is 0 Å². The highest BCUT2D eigenvalue weighted by atomic mass is 32.1. The first kappa shape index (κ1) is 12.1. The largest absolute Gasteiger partial charge is 0.350 e. The summed E-state index contributed by atoms with van der Waals surface area (Å²) in [5, 5.41) is 5.80. The number of hydrogen-bond acceptors (Lipinski definition) is 4. The third-order valence-corrected chi connectivity index (χ3v) is 2.86. The minimum atomic E-state index is 0.0801. The average molecular weight is 227 g/mol. The topological polar surface area (TPSA) is 45.2 Å². The number of rotatable bonds is 5. The van der Waals surface area contributed by atoms with Gasteiger partial charge in [-0.3, -0.25) is 4.79 Å². The van der Waals surface area contributed by atoms with E-state index in [0.29, 0.717) is 13.0 Å². The van der Waals surface area contributed by atoms with Crippen molar-refractivity contribution in [3.05, 3.63) is 16.1 Å². The molecule has 0 aromatic carbocycles. The molecule has 15 heavy (non-hydrogen) atoms. The first-order chi connectivity index (χ1) is 7.08. The van der Waals surface area contributed by atoms with Crippen LogP contribution in [0, 0.1) is 6.92 Å². The Kier molecular flexibility index (Phi) is 4.71. The Morgan fingerprint density at radius 3 is 2.87 bits per heavy atom. The van der Waals surface area contributed by atoms with Gasteiger partial charge in [0.1, 0.15) is 5.01 Å². The van der Waals surface area contributed by atoms with Gasteiger partial charge in [0.05, 0.1) is 6.54 Å². The molecular weight excluding hydrogens is 210 g/mol. The van der Waals surface area contributed by atoms with Crippen molar-refractivity contribution < 1.29 is 4.79 Å². The molecule has 0 aliphatic carbocycles. The molecule has 0 spiro atoms. The fraction of sp³-hybridized carbons (Fsp3) is 0.600. The summed E-state index contributed by atoms with van der Waals surface area (Å²) in [5.74, 6) is 0.0801. The van der Waals surface area contributed by atoms with Crippen LogP contribution in [0.5, 0.6) is 0 Å². The summed E-state index contributed by atoms with van der Waals surface area (Å²) in [6.07, 6.45) is 0.539. The molecule has 0 unspecified atom stereocenters. The molecule has 1 N–H and O–H groups in total. The van der Waals surface area contributed by atoms with Crippen molar-refractivity contribution in [2.24, 2.45) is 0 Å². The molecule has 1 heterocycles. The number of hydrogen-bond donors (Lipinski definition) is 1. The molecule has 1 rings (SSSR count). The van der Waals surface area contributed by atoms with Gasteiger partial charge in [0, 0.05) is 24.0 Å². The fourth-order valence-electron chi connectivity index (χ4n) is 1.07. The summed E-state index contributed by atoms with van der Waals surface area (Å²) >= 11 is 1.58. The van der Waals surface area contributed by atoms with Crippen LogP contribution in [0.4, 0.5) is 0 Å². The zero-order valence-corrected chi connectivity index (χ0v) is 10.2. The van der Waals surface area contributed by atoms with Gasteiger partial charge in [0.25, 0.3) is 0 Å². The van der Waals surface area contributed by atoms with Crippen LogP contribution in [0.15, 0.2) is 5.38 Å². The maximum absolute atomic E-state index is 11.4. The number of aryl methyl sites for hydroxylation is 1. The van der Waals surface area contributed by atoms with E-state index in [2.05, 4.69) is 10.3 Å². The van der Waals surface area contributed by atoms with Crippen molar-refractivity contribution in [1.82, 2.24) is 15.2 Å². The molecule has 1 aromatic rings. The Labute approximate surface area is 94.3 Å². The summed E-state index contributed by atoms with van der Waals surface area (Å²) in [7, 11) is 3.91. The van der Waals surface area contributed by atoms with E-state index in [1.54, 1.807) is 11.3 Å². The van der Waals surface area contributed by atoms with E-state index >= 15 is 0 Å². The third-order valence-electron chi connectivity index (χ3n) is 1.89. The smallest absolute Gasteiger partial charge is 0.221 e. The fourth-order valence-corrected chi connectivity index (χ4v) is 1.78. The molecule has 0 bridgehead atoms. The Balaban J connectivity index is 2.22. The molecule has 1 amide bonds. The molecule has 0 fully saturated rings. The van der Waals surface area contributed by atoms with E-state index < -0.39 is 0 Å². The lowest BCUT2D eigenvalue weighted by Crippen LogP contribution is -2.26. The first-order valence-corrected chi connectivity index (χ1v) is 5.78.